The van der Waals surface area contributed by atoms with E-state index in [-0.39, 0.29) is 11.9 Å². The molecule has 0 saturated heterocycles. The smallest absolute Gasteiger partial charge is 0.251 e. The Hall–Kier alpha value is -1.94. The molecule has 0 saturated carbocycles. The Bertz CT molecular complexity index is 669. The van der Waals surface area contributed by atoms with Crippen LogP contribution in [0.15, 0.2) is 47.4 Å². The minimum absolute atomic E-state index is 0.00139. The van der Waals surface area contributed by atoms with Crippen LogP contribution in [0.1, 0.15) is 17.2 Å². The van der Waals surface area contributed by atoms with Gasteiger partial charge in [-0.15, -0.1) is 11.8 Å². The molecule has 1 unspecified atom stereocenters. The number of thioether (sulfide) groups is 1. The number of carbonyl (C=O) groups excluding carboxylic acids is 1. The molecule has 4 heteroatoms. The highest BCUT2D eigenvalue weighted by atomic mass is 32.2. The summed E-state index contributed by atoms with van der Waals surface area (Å²) < 4.78 is 0. The molecule has 3 rings (SSSR count). The summed E-state index contributed by atoms with van der Waals surface area (Å²) >= 11 is 1.67. The van der Waals surface area contributed by atoms with Crippen LogP contribution in [0, 0.1) is 6.92 Å². The van der Waals surface area contributed by atoms with Gasteiger partial charge in [0.05, 0.1) is 0 Å². The van der Waals surface area contributed by atoms with Gasteiger partial charge in [0.1, 0.15) is 6.04 Å². The van der Waals surface area contributed by atoms with E-state index in [1.54, 1.807) is 11.8 Å². The van der Waals surface area contributed by atoms with Crippen molar-refractivity contribution in [3.63, 3.8) is 0 Å². The zero-order valence-electron chi connectivity index (χ0n) is 11.4. The summed E-state index contributed by atoms with van der Waals surface area (Å²) in [4.78, 5) is 13.3. The quantitative estimate of drug-likeness (QED) is 0.842. The number of hydrogen-bond donors (Lipinski definition) is 2. The lowest BCUT2D eigenvalue weighted by molar-refractivity contribution is -0.116. The minimum atomic E-state index is -0.321. The number of carbonyl (C=O) groups is 1. The van der Waals surface area contributed by atoms with Crippen molar-refractivity contribution in [1.82, 2.24) is 0 Å². The van der Waals surface area contributed by atoms with Gasteiger partial charge in [-0.25, -0.2) is 0 Å². The Kier molecular flexibility index (Phi) is 3.40. The molecule has 1 atom stereocenters. The standard InChI is InChI=1S/C16H16N2OS/c1-10-7-8-12-11(9-10)15(16(19)18-12)17-13-5-3-4-6-14(13)20-2/h3-9,15,17H,1-2H3,(H,18,19). The van der Waals surface area contributed by atoms with Gasteiger partial charge in [0, 0.05) is 21.8 Å². The molecular formula is C16H16N2OS. The zero-order chi connectivity index (χ0) is 14.1. The first-order valence-electron chi connectivity index (χ1n) is 6.50. The van der Waals surface area contributed by atoms with Gasteiger partial charge in [-0.2, -0.15) is 0 Å². The fourth-order valence-corrected chi connectivity index (χ4v) is 3.01. The van der Waals surface area contributed by atoms with Crippen LogP contribution >= 0.6 is 11.8 Å². The van der Waals surface area contributed by atoms with E-state index in [1.165, 1.54) is 0 Å². The number of rotatable bonds is 3. The number of benzene rings is 2. The fourth-order valence-electron chi connectivity index (χ4n) is 2.44. The number of aryl methyl sites for hydroxylation is 1. The van der Waals surface area contributed by atoms with Crippen LogP contribution in [-0.2, 0) is 4.79 Å². The molecule has 1 amide bonds. The summed E-state index contributed by atoms with van der Waals surface area (Å²) in [6.07, 6.45) is 2.04. The molecule has 20 heavy (non-hydrogen) atoms. The summed E-state index contributed by atoms with van der Waals surface area (Å²) in [5, 5.41) is 6.28. The van der Waals surface area contributed by atoms with E-state index in [9.17, 15) is 4.79 Å². The van der Waals surface area contributed by atoms with Crippen molar-refractivity contribution in [2.24, 2.45) is 0 Å². The number of nitrogens with one attached hydrogen (secondary N) is 2. The van der Waals surface area contributed by atoms with Crippen LogP contribution in [0.5, 0.6) is 0 Å². The first-order valence-corrected chi connectivity index (χ1v) is 7.72. The SMILES string of the molecule is CSc1ccccc1NC1C(=O)Nc2ccc(C)cc21. The molecule has 2 aromatic carbocycles. The molecule has 2 N–H and O–H groups in total. The lowest BCUT2D eigenvalue weighted by Gasteiger charge is -2.15. The van der Waals surface area contributed by atoms with Crippen molar-refractivity contribution in [1.29, 1.82) is 0 Å². The van der Waals surface area contributed by atoms with Crippen molar-refractivity contribution in [2.75, 3.05) is 16.9 Å². The maximum atomic E-state index is 12.2. The van der Waals surface area contributed by atoms with Crippen molar-refractivity contribution in [3.8, 4) is 0 Å². The van der Waals surface area contributed by atoms with E-state index in [0.717, 1.165) is 27.4 Å². The molecule has 1 aliphatic rings. The first-order chi connectivity index (χ1) is 9.69. The second kappa shape index (κ2) is 5.21. The fraction of sp³-hybridized carbons (Fsp3) is 0.188. The molecular weight excluding hydrogens is 268 g/mol. The third-order valence-corrected chi connectivity index (χ3v) is 4.24. The summed E-state index contributed by atoms with van der Waals surface area (Å²) in [5.74, 6) is 0.00139. The van der Waals surface area contributed by atoms with Crippen LogP contribution < -0.4 is 10.6 Å². The van der Waals surface area contributed by atoms with Crippen molar-refractivity contribution < 1.29 is 4.79 Å². The van der Waals surface area contributed by atoms with Gasteiger partial charge in [0.25, 0.3) is 5.91 Å². The summed E-state index contributed by atoms with van der Waals surface area (Å²) in [6.45, 7) is 2.04. The normalized spacial score (nSPS) is 16.7. The maximum Gasteiger partial charge on any atom is 0.251 e. The first kappa shape index (κ1) is 13.1. The maximum absolute atomic E-state index is 12.2. The monoisotopic (exact) mass is 284 g/mol. The molecule has 1 aliphatic heterocycles. The van der Waals surface area contributed by atoms with E-state index in [1.807, 2.05) is 43.5 Å². The highest BCUT2D eigenvalue weighted by Gasteiger charge is 2.30. The summed E-state index contributed by atoms with van der Waals surface area (Å²) in [6, 6.07) is 13.8. The molecule has 0 fully saturated rings. The number of hydrogen-bond acceptors (Lipinski definition) is 3. The van der Waals surface area contributed by atoms with E-state index in [4.69, 9.17) is 0 Å². The molecule has 0 bridgehead atoms. The highest BCUT2D eigenvalue weighted by Crippen LogP contribution is 2.36. The number of para-hydroxylation sites is 1. The molecule has 0 spiro atoms. The minimum Gasteiger partial charge on any atom is -0.369 e. The number of amides is 1. The molecule has 0 aromatic heterocycles. The predicted molar refractivity (Wildman–Crippen MR) is 84.4 cm³/mol. The van der Waals surface area contributed by atoms with Gasteiger partial charge < -0.3 is 10.6 Å². The highest BCUT2D eigenvalue weighted by molar-refractivity contribution is 7.98. The van der Waals surface area contributed by atoms with Gasteiger partial charge in [0.15, 0.2) is 0 Å². The molecule has 0 radical (unpaired) electrons. The van der Waals surface area contributed by atoms with Crippen LogP contribution in [-0.4, -0.2) is 12.2 Å². The van der Waals surface area contributed by atoms with Gasteiger partial charge in [-0.3, -0.25) is 4.79 Å². The Labute approximate surface area is 122 Å². The lowest BCUT2D eigenvalue weighted by Crippen LogP contribution is -2.20. The third-order valence-electron chi connectivity index (χ3n) is 3.44. The Morgan fingerprint density at radius 3 is 2.80 bits per heavy atom. The predicted octanol–water partition coefficient (Wildman–Crippen LogP) is 3.82. The van der Waals surface area contributed by atoms with Gasteiger partial charge in [-0.1, -0.05) is 29.8 Å². The van der Waals surface area contributed by atoms with Crippen LogP contribution in [0.2, 0.25) is 0 Å². The largest absolute Gasteiger partial charge is 0.369 e. The van der Waals surface area contributed by atoms with Gasteiger partial charge in [0.2, 0.25) is 0 Å². The second-order valence-electron chi connectivity index (χ2n) is 4.86. The summed E-state index contributed by atoms with van der Waals surface area (Å²) in [5.41, 5.74) is 4.07. The van der Waals surface area contributed by atoms with E-state index in [0.29, 0.717) is 0 Å². The van der Waals surface area contributed by atoms with Crippen LogP contribution in [0.4, 0.5) is 11.4 Å². The lowest BCUT2D eigenvalue weighted by atomic mass is 10.1. The summed E-state index contributed by atoms with van der Waals surface area (Å²) in [7, 11) is 0. The van der Waals surface area contributed by atoms with E-state index < -0.39 is 0 Å². The Morgan fingerprint density at radius 2 is 2.00 bits per heavy atom. The topological polar surface area (TPSA) is 41.1 Å². The van der Waals surface area contributed by atoms with Gasteiger partial charge in [-0.05, 0) is 31.4 Å². The van der Waals surface area contributed by atoms with E-state index in [2.05, 4.69) is 22.8 Å². The third kappa shape index (κ3) is 2.27. The van der Waals surface area contributed by atoms with Crippen LogP contribution in [0.3, 0.4) is 0 Å². The average Bonchev–Trinajstić information content (AvgIpc) is 2.76. The number of anilines is 2. The van der Waals surface area contributed by atoms with Crippen molar-refractivity contribution in [3.05, 3.63) is 53.6 Å². The van der Waals surface area contributed by atoms with E-state index >= 15 is 0 Å². The van der Waals surface area contributed by atoms with Crippen molar-refractivity contribution >= 4 is 29.0 Å². The molecule has 2 aromatic rings. The van der Waals surface area contributed by atoms with Crippen LogP contribution in [0.25, 0.3) is 0 Å². The average molecular weight is 284 g/mol. The van der Waals surface area contributed by atoms with Crippen molar-refractivity contribution in [2.45, 2.75) is 17.9 Å². The molecule has 0 aliphatic carbocycles. The molecule has 1 heterocycles. The zero-order valence-corrected chi connectivity index (χ0v) is 12.3. The molecule has 3 nitrogen and oxygen atoms in total. The molecule has 102 valence electrons. The Balaban J connectivity index is 1.96. The van der Waals surface area contributed by atoms with Gasteiger partial charge >= 0.3 is 0 Å². The Morgan fingerprint density at radius 1 is 1.20 bits per heavy atom. The second-order valence-corrected chi connectivity index (χ2v) is 5.71. The number of fused-ring (bicyclic) bond motifs is 1.